The summed E-state index contributed by atoms with van der Waals surface area (Å²) in [5, 5.41) is 11.3. The van der Waals surface area contributed by atoms with Crippen LogP contribution in [0.4, 0.5) is 10.1 Å². The van der Waals surface area contributed by atoms with Crippen molar-refractivity contribution in [2.24, 2.45) is 0 Å². The van der Waals surface area contributed by atoms with Gasteiger partial charge in [0.15, 0.2) is 28.3 Å². The van der Waals surface area contributed by atoms with Crippen molar-refractivity contribution in [3.63, 3.8) is 0 Å². The Morgan fingerprint density at radius 1 is 1.12 bits per heavy atom. The minimum atomic E-state index is -0.495. The minimum Gasteiger partial charge on any atom is -0.483 e. The zero-order valence-electron chi connectivity index (χ0n) is 19.4. The summed E-state index contributed by atoms with van der Waals surface area (Å²) in [4.78, 5) is 24.2. The standard InChI is InChI=1S/C24H27FN4O4S/c1-15(13-32-4)29-22(14-33-21-8-6-5-7-20(21)25)27-28-24(29)34-17(3)23(31)26-19-11-9-18(10-12-19)16(2)30/h5-12,15,17H,13-14H2,1-4H3,(H,26,31)/t15-,17+/m0/s1. The Morgan fingerprint density at radius 3 is 2.47 bits per heavy atom. The molecule has 1 aromatic heterocycles. The number of hydrogen-bond acceptors (Lipinski definition) is 7. The first-order valence-corrected chi connectivity index (χ1v) is 11.6. The van der Waals surface area contributed by atoms with E-state index in [0.29, 0.717) is 28.8 Å². The number of halogens is 1. The van der Waals surface area contributed by atoms with E-state index in [1.165, 1.54) is 24.8 Å². The molecule has 8 nitrogen and oxygen atoms in total. The molecule has 0 saturated carbocycles. The van der Waals surface area contributed by atoms with E-state index >= 15 is 0 Å². The molecular formula is C24H27FN4O4S. The van der Waals surface area contributed by atoms with Gasteiger partial charge in [0, 0.05) is 18.4 Å². The average Bonchev–Trinajstić information content (AvgIpc) is 3.21. The van der Waals surface area contributed by atoms with Gasteiger partial charge in [-0.15, -0.1) is 10.2 Å². The number of hydrogen-bond donors (Lipinski definition) is 1. The number of nitrogens with one attached hydrogen (secondary N) is 1. The van der Waals surface area contributed by atoms with Crippen molar-refractivity contribution in [1.29, 1.82) is 0 Å². The number of Topliss-reactive ketones (excluding diaryl/α,β-unsaturated/α-hetero) is 1. The second kappa shape index (κ2) is 11.8. The normalized spacial score (nSPS) is 12.7. The average molecular weight is 487 g/mol. The van der Waals surface area contributed by atoms with Crippen molar-refractivity contribution in [2.75, 3.05) is 19.0 Å². The van der Waals surface area contributed by atoms with Gasteiger partial charge in [-0.3, -0.25) is 14.2 Å². The van der Waals surface area contributed by atoms with Gasteiger partial charge in [0.05, 0.1) is 17.9 Å². The SMILES string of the molecule is COC[C@H](C)n1c(COc2ccccc2F)nnc1S[C@H](C)C(=O)Nc1ccc(C(C)=O)cc1. The molecule has 0 spiro atoms. The van der Waals surface area contributed by atoms with Gasteiger partial charge in [0.1, 0.15) is 6.61 Å². The van der Waals surface area contributed by atoms with Gasteiger partial charge in [-0.2, -0.15) is 0 Å². The van der Waals surface area contributed by atoms with Crippen molar-refractivity contribution < 1.29 is 23.5 Å². The molecule has 0 unspecified atom stereocenters. The number of thioether (sulfide) groups is 1. The van der Waals surface area contributed by atoms with E-state index in [1.54, 1.807) is 56.5 Å². The van der Waals surface area contributed by atoms with E-state index in [9.17, 15) is 14.0 Å². The molecule has 1 amide bonds. The molecule has 0 aliphatic rings. The third-order valence-corrected chi connectivity index (χ3v) is 6.04. The number of anilines is 1. The molecule has 0 aliphatic heterocycles. The quantitative estimate of drug-likeness (QED) is 0.314. The van der Waals surface area contributed by atoms with Crippen LogP contribution in [0.1, 0.15) is 43.0 Å². The Hall–Kier alpha value is -3.24. The molecule has 0 aliphatic carbocycles. The topological polar surface area (TPSA) is 95.3 Å². The highest BCUT2D eigenvalue weighted by atomic mass is 32.2. The number of carbonyl (C=O) groups is 2. The lowest BCUT2D eigenvalue weighted by atomic mass is 10.1. The van der Waals surface area contributed by atoms with Crippen molar-refractivity contribution in [1.82, 2.24) is 14.8 Å². The van der Waals surface area contributed by atoms with Crippen LogP contribution in [0.3, 0.4) is 0 Å². The first-order chi connectivity index (χ1) is 16.3. The van der Waals surface area contributed by atoms with Gasteiger partial charge in [-0.1, -0.05) is 23.9 Å². The highest BCUT2D eigenvalue weighted by Crippen LogP contribution is 2.27. The fraction of sp³-hybridized carbons (Fsp3) is 0.333. The predicted octanol–water partition coefficient (Wildman–Crippen LogP) is 4.53. The third-order valence-electron chi connectivity index (χ3n) is 4.99. The smallest absolute Gasteiger partial charge is 0.237 e. The van der Waals surface area contributed by atoms with Crippen LogP contribution in [0.15, 0.2) is 53.7 Å². The van der Waals surface area contributed by atoms with E-state index in [1.807, 2.05) is 11.5 Å². The lowest BCUT2D eigenvalue weighted by Crippen LogP contribution is -2.24. The number of benzene rings is 2. The minimum absolute atomic E-state index is 0.00558. The molecule has 180 valence electrons. The molecule has 3 aromatic rings. The fourth-order valence-electron chi connectivity index (χ4n) is 3.19. The molecule has 0 fully saturated rings. The van der Waals surface area contributed by atoms with Crippen molar-refractivity contribution in [3.8, 4) is 5.75 Å². The van der Waals surface area contributed by atoms with Crippen LogP contribution < -0.4 is 10.1 Å². The monoisotopic (exact) mass is 486 g/mol. The van der Waals surface area contributed by atoms with Gasteiger partial charge in [-0.25, -0.2) is 4.39 Å². The number of rotatable bonds is 11. The number of aromatic nitrogens is 3. The second-order valence-electron chi connectivity index (χ2n) is 7.68. The molecular weight excluding hydrogens is 459 g/mol. The largest absolute Gasteiger partial charge is 0.483 e. The van der Waals surface area contributed by atoms with E-state index in [-0.39, 0.29) is 30.1 Å². The number of nitrogens with zero attached hydrogens (tertiary/aromatic N) is 3. The number of amides is 1. The number of para-hydroxylation sites is 1. The highest BCUT2D eigenvalue weighted by molar-refractivity contribution is 8.00. The molecule has 10 heteroatoms. The van der Waals surface area contributed by atoms with Crippen molar-refractivity contribution in [2.45, 2.75) is 43.8 Å². The van der Waals surface area contributed by atoms with Crippen LogP contribution in [0.5, 0.6) is 5.75 Å². The fourth-order valence-corrected chi connectivity index (χ4v) is 4.16. The molecule has 3 rings (SSSR count). The van der Waals surface area contributed by atoms with Gasteiger partial charge >= 0.3 is 0 Å². The highest BCUT2D eigenvalue weighted by Gasteiger charge is 2.23. The van der Waals surface area contributed by atoms with Crippen LogP contribution >= 0.6 is 11.8 Å². The predicted molar refractivity (Wildman–Crippen MR) is 128 cm³/mol. The summed E-state index contributed by atoms with van der Waals surface area (Å²) in [7, 11) is 1.59. The molecule has 1 heterocycles. The Balaban J connectivity index is 1.72. The third kappa shape index (κ3) is 6.42. The summed E-state index contributed by atoms with van der Waals surface area (Å²) in [5.41, 5.74) is 1.17. The molecule has 0 radical (unpaired) electrons. The van der Waals surface area contributed by atoms with E-state index in [0.717, 1.165) is 0 Å². The lowest BCUT2D eigenvalue weighted by Gasteiger charge is -2.19. The maximum atomic E-state index is 13.9. The van der Waals surface area contributed by atoms with Crippen LogP contribution in [0.2, 0.25) is 0 Å². The number of methoxy groups -OCH3 is 1. The molecule has 0 bridgehead atoms. The number of carbonyl (C=O) groups excluding carboxylic acids is 2. The number of ether oxygens (including phenoxy) is 2. The second-order valence-corrected chi connectivity index (χ2v) is 8.98. The summed E-state index contributed by atoms with van der Waals surface area (Å²) in [5.74, 6) is -0.119. The van der Waals surface area contributed by atoms with E-state index in [2.05, 4.69) is 15.5 Å². The molecule has 2 aromatic carbocycles. The van der Waals surface area contributed by atoms with Gasteiger partial charge < -0.3 is 14.8 Å². The van der Waals surface area contributed by atoms with Crippen LogP contribution in [0, 0.1) is 5.82 Å². The molecule has 34 heavy (non-hydrogen) atoms. The van der Waals surface area contributed by atoms with Crippen LogP contribution in [-0.4, -0.2) is 45.4 Å². The maximum absolute atomic E-state index is 13.9. The Bertz CT molecular complexity index is 1140. The van der Waals surface area contributed by atoms with Crippen molar-refractivity contribution >= 4 is 29.1 Å². The Labute approximate surface area is 201 Å². The van der Waals surface area contributed by atoms with Crippen LogP contribution in [0.25, 0.3) is 0 Å². The zero-order valence-corrected chi connectivity index (χ0v) is 20.3. The van der Waals surface area contributed by atoms with E-state index in [4.69, 9.17) is 9.47 Å². The maximum Gasteiger partial charge on any atom is 0.237 e. The number of ketones is 1. The molecule has 2 atom stereocenters. The first-order valence-electron chi connectivity index (χ1n) is 10.7. The summed E-state index contributed by atoms with van der Waals surface area (Å²) >= 11 is 1.24. The zero-order chi connectivity index (χ0) is 24.7. The van der Waals surface area contributed by atoms with Gasteiger partial charge in [-0.05, 0) is 57.2 Å². The summed E-state index contributed by atoms with van der Waals surface area (Å²) < 4.78 is 26.7. The van der Waals surface area contributed by atoms with Crippen LogP contribution in [-0.2, 0) is 16.1 Å². The van der Waals surface area contributed by atoms with Crippen molar-refractivity contribution in [3.05, 3.63) is 65.7 Å². The Kier molecular flexibility index (Phi) is 8.78. The Morgan fingerprint density at radius 2 is 1.82 bits per heavy atom. The summed E-state index contributed by atoms with van der Waals surface area (Å²) in [6.07, 6.45) is 0. The molecule has 0 saturated heterocycles. The molecule has 1 N–H and O–H groups in total. The van der Waals surface area contributed by atoms with Gasteiger partial charge in [0.2, 0.25) is 5.91 Å². The lowest BCUT2D eigenvalue weighted by molar-refractivity contribution is -0.115. The van der Waals surface area contributed by atoms with Gasteiger partial charge in [0.25, 0.3) is 0 Å². The first kappa shape index (κ1) is 25.4. The summed E-state index contributed by atoms with van der Waals surface area (Å²) in [6.45, 7) is 5.58. The van der Waals surface area contributed by atoms with E-state index < -0.39 is 11.1 Å². The summed E-state index contributed by atoms with van der Waals surface area (Å²) in [6, 6.07) is 12.7.